The maximum atomic E-state index is 12.3. The van der Waals surface area contributed by atoms with Crippen molar-refractivity contribution in [3.63, 3.8) is 0 Å². The first-order valence-electron chi connectivity index (χ1n) is 8.86. The van der Waals surface area contributed by atoms with E-state index in [1.807, 2.05) is 60.7 Å². The van der Waals surface area contributed by atoms with Crippen molar-refractivity contribution in [1.29, 1.82) is 0 Å². The van der Waals surface area contributed by atoms with Gasteiger partial charge in [0.25, 0.3) is 0 Å². The van der Waals surface area contributed by atoms with Crippen LogP contribution in [0.5, 0.6) is 11.5 Å². The minimum absolute atomic E-state index is 0.0349. The van der Waals surface area contributed by atoms with Crippen molar-refractivity contribution in [3.8, 4) is 22.6 Å². The predicted octanol–water partition coefficient (Wildman–Crippen LogP) is 4.94. The molecule has 1 amide bonds. The summed E-state index contributed by atoms with van der Waals surface area (Å²) >= 11 is 0. The Labute approximate surface area is 159 Å². The van der Waals surface area contributed by atoms with E-state index in [9.17, 15) is 4.79 Å². The summed E-state index contributed by atoms with van der Waals surface area (Å²) in [5, 5.41) is 2.95. The first kappa shape index (κ1) is 18.5. The molecule has 27 heavy (non-hydrogen) atoms. The fraction of sp³-hybridized carbons (Fsp3) is 0.174. The molecule has 0 fully saturated rings. The van der Waals surface area contributed by atoms with E-state index < -0.39 is 0 Å². The third-order valence-electron chi connectivity index (χ3n) is 4.38. The third-order valence-corrected chi connectivity index (χ3v) is 4.38. The van der Waals surface area contributed by atoms with E-state index in [1.54, 1.807) is 14.2 Å². The Hall–Kier alpha value is -3.27. The fourth-order valence-electron chi connectivity index (χ4n) is 3.00. The second kappa shape index (κ2) is 8.90. The van der Waals surface area contributed by atoms with Crippen LogP contribution < -0.4 is 14.8 Å². The summed E-state index contributed by atoms with van der Waals surface area (Å²) in [7, 11) is 3.21. The van der Waals surface area contributed by atoms with Crippen LogP contribution >= 0.6 is 0 Å². The summed E-state index contributed by atoms with van der Waals surface area (Å²) in [6, 6.07) is 23.7. The Kier molecular flexibility index (Phi) is 6.10. The van der Waals surface area contributed by atoms with Crippen LogP contribution in [0.4, 0.5) is 5.69 Å². The number of aryl methyl sites for hydroxylation is 1. The van der Waals surface area contributed by atoms with Crippen LogP contribution in [0.25, 0.3) is 11.1 Å². The topological polar surface area (TPSA) is 47.6 Å². The van der Waals surface area contributed by atoms with Crippen molar-refractivity contribution in [2.24, 2.45) is 0 Å². The van der Waals surface area contributed by atoms with E-state index in [2.05, 4.69) is 17.4 Å². The lowest BCUT2D eigenvalue weighted by atomic mass is 10.1. The molecule has 3 rings (SSSR count). The van der Waals surface area contributed by atoms with Gasteiger partial charge in [-0.1, -0.05) is 54.6 Å². The summed E-state index contributed by atoms with van der Waals surface area (Å²) in [4.78, 5) is 12.3. The molecule has 0 aromatic heterocycles. The van der Waals surface area contributed by atoms with Crippen LogP contribution in [0.2, 0.25) is 0 Å². The van der Waals surface area contributed by atoms with Crippen molar-refractivity contribution in [1.82, 2.24) is 0 Å². The van der Waals surface area contributed by atoms with Crippen LogP contribution in [-0.2, 0) is 11.2 Å². The number of hydrogen-bond acceptors (Lipinski definition) is 3. The normalized spacial score (nSPS) is 10.3. The van der Waals surface area contributed by atoms with Gasteiger partial charge in [0, 0.05) is 12.1 Å². The molecule has 0 saturated carbocycles. The molecular weight excluding hydrogens is 338 g/mol. The van der Waals surface area contributed by atoms with Gasteiger partial charge in [0.05, 0.1) is 14.2 Å². The number of anilines is 1. The molecule has 3 aromatic carbocycles. The summed E-state index contributed by atoms with van der Waals surface area (Å²) < 4.78 is 10.7. The number of carbonyl (C=O) groups is 1. The van der Waals surface area contributed by atoms with Crippen LogP contribution in [0.3, 0.4) is 0 Å². The SMILES string of the molecule is COc1cccc(CCC(=O)Nc2ccc(-c3ccccc3)cc2)c1OC. The van der Waals surface area contributed by atoms with E-state index in [0.29, 0.717) is 24.3 Å². The maximum absolute atomic E-state index is 12.3. The average molecular weight is 361 g/mol. The summed E-state index contributed by atoms with van der Waals surface area (Å²) in [6.45, 7) is 0. The number of rotatable bonds is 7. The number of amides is 1. The van der Waals surface area contributed by atoms with Gasteiger partial charge in [0.2, 0.25) is 5.91 Å². The fourth-order valence-corrected chi connectivity index (χ4v) is 3.00. The predicted molar refractivity (Wildman–Crippen MR) is 108 cm³/mol. The van der Waals surface area contributed by atoms with Gasteiger partial charge in [-0.3, -0.25) is 4.79 Å². The Bertz CT molecular complexity index is 889. The minimum Gasteiger partial charge on any atom is -0.493 e. The van der Waals surface area contributed by atoms with Gasteiger partial charge in [-0.05, 0) is 41.3 Å². The highest BCUT2D eigenvalue weighted by Crippen LogP contribution is 2.31. The number of methoxy groups -OCH3 is 2. The zero-order chi connectivity index (χ0) is 19.1. The van der Waals surface area contributed by atoms with Crippen LogP contribution in [0.15, 0.2) is 72.8 Å². The van der Waals surface area contributed by atoms with Crippen LogP contribution in [0.1, 0.15) is 12.0 Å². The van der Waals surface area contributed by atoms with Gasteiger partial charge in [-0.25, -0.2) is 0 Å². The molecule has 0 radical (unpaired) electrons. The molecule has 1 N–H and O–H groups in total. The van der Waals surface area contributed by atoms with Crippen molar-refractivity contribution in [2.45, 2.75) is 12.8 Å². The van der Waals surface area contributed by atoms with Gasteiger partial charge >= 0.3 is 0 Å². The number of hydrogen-bond donors (Lipinski definition) is 1. The molecule has 138 valence electrons. The van der Waals surface area contributed by atoms with Crippen molar-refractivity contribution < 1.29 is 14.3 Å². The molecule has 3 aromatic rings. The zero-order valence-electron chi connectivity index (χ0n) is 15.6. The quantitative estimate of drug-likeness (QED) is 0.648. The summed E-state index contributed by atoms with van der Waals surface area (Å²) in [6.07, 6.45) is 0.943. The number of ether oxygens (including phenoxy) is 2. The highest BCUT2D eigenvalue weighted by Gasteiger charge is 2.11. The van der Waals surface area contributed by atoms with E-state index in [1.165, 1.54) is 0 Å². The lowest BCUT2D eigenvalue weighted by molar-refractivity contribution is -0.116. The number of nitrogens with one attached hydrogen (secondary N) is 1. The second-order valence-electron chi connectivity index (χ2n) is 6.14. The number of benzene rings is 3. The highest BCUT2D eigenvalue weighted by molar-refractivity contribution is 5.91. The number of carbonyl (C=O) groups excluding carboxylic acids is 1. The smallest absolute Gasteiger partial charge is 0.224 e. The summed E-state index contributed by atoms with van der Waals surface area (Å²) in [5.41, 5.74) is 4.01. The molecule has 0 aliphatic heterocycles. The Morgan fingerprint density at radius 1 is 0.815 bits per heavy atom. The number of para-hydroxylation sites is 1. The van der Waals surface area contributed by atoms with Crippen molar-refractivity contribution in [3.05, 3.63) is 78.4 Å². The minimum atomic E-state index is -0.0349. The lowest BCUT2D eigenvalue weighted by Crippen LogP contribution is -2.12. The molecule has 0 spiro atoms. The molecule has 0 heterocycles. The van der Waals surface area contributed by atoms with E-state index in [4.69, 9.17) is 9.47 Å². The van der Waals surface area contributed by atoms with E-state index >= 15 is 0 Å². The molecular formula is C23H23NO3. The second-order valence-corrected chi connectivity index (χ2v) is 6.14. The molecule has 0 unspecified atom stereocenters. The Morgan fingerprint density at radius 3 is 2.19 bits per heavy atom. The van der Waals surface area contributed by atoms with Gasteiger partial charge in [0.15, 0.2) is 11.5 Å². The Balaban J connectivity index is 1.60. The monoisotopic (exact) mass is 361 g/mol. The third kappa shape index (κ3) is 4.67. The van der Waals surface area contributed by atoms with Gasteiger partial charge in [0.1, 0.15) is 0 Å². The molecule has 4 nitrogen and oxygen atoms in total. The zero-order valence-corrected chi connectivity index (χ0v) is 15.6. The molecule has 0 aliphatic rings. The first-order valence-corrected chi connectivity index (χ1v) is 8.86. The molecule has 0 atom stereocenters. The largest absolute Gasteiger partial charge is 0.493 e. The van der Waals surface area contributed by atoms with Crippen molar-refractivity contribution in [2.75, 3.05) is 19.5 Å². The summed E-state index contributed by atoms with van der Waals surface area (Å²) in [5.74, 6) is 1.32. The molecule has 4 heteroatoms. The van der Waals surface area contributed by atoms with Crippen molar-refractivity contribution >= 4 is 11.6 Å². The van der Waals surface area contributed by atoms with Crippen LogP contribution in [-0.4, -0.2) is 20.1 Å². The molecule has 0 bridgehead atoms. The Morgan fingerprint density at radius 2 is 1.52 bits per heavy atom. The highest BCUT2D eigenvalue weighted by atomic mass is 16.5. The standard InChI is InChI=1S/C23H23NO3/c1-26-21-10-6-9-19(23(21)27-2)13-16-22(25)24-20-14-11-18(12-15-20)17-7-4-3-5-8-17/h3-12,14-15H,13,16H2,1-2H3,(H,24,25). The average Bonchev–Trinajstić information content (AvgIpc) is 2.73. The van der Waals surface area contributed by atoms with Crippen LogP contribution in [0, 0.1) is 0 Å². The molecule has 0 aliphatic carbocycles. The van der Waals surface area contributed by atoms with E-state index in [-0.39, 0.29) is 5.91 Å². The maximum Gasteiger partial charge on any atom is 0.224 e. The molecule has 0 saturated heterocycles. The van der Waals surface area contributed by atoms with Gasteiger partial charge < -0.3 is 14.8 Å². The van der Waals surface area contributed by atoms with Gasteiger partial charge in [-0.15, -0.1) is 0 Å². The van der Waals surface area contributed by atoms with Gasteiger partial charge in [-0.2, -0.15) is 0 Å². The van der Waals surface area contributed by atoms with E-state index in [0.717, 1.165) is 22.4 Å². The lowest BCUT2D eigenvalue weighted by Gasteiger charge is -2.12. The first-order chi connectivity index (χ1) is 13.2.